The van der Waals surface area contributed by atoms with Gasteiger partial charge in [0.2, 0.25) is 0 Å². The molecular weight excluding hydrogens is 425 g/mol. The molecule has 8 heteroatoms. The second-order valence-electron chi connectivity index (χ2n) is 7.44. The van der Waals surface area contributed by atoms with Crippen molar-refractivity contribution in [1.82, 2.24) is 10.2 Å². The van der Waals surface area contributed by atoms with E-state index in [1.165, 1.54) is 5.70 Å². The average molecular weight is 457 g/mol. The van der Waals surface area contributed by atoms with Crippen molar-refractivity contribution in [2.45, 2.75) is 50.6 Å². The summed E-state index contributed by atoms with van der Waals surface area (Å²) in [6, 6.07) is 3.64. The molecule has 0 bridgehead atoms. The van der Waals surface area contributed by atoms with Crippen molar-refractivity contribution < 1.29 is 21.6 Å². The molecule has 2 rings (SSSR count). The van der Waals surface area contributed by atoms with Crippen LogP contribution in [0.2, 0.25) is 0 Å². The molecule has 1 aromatic carbocycles. The lowest BCUT2D eigenvalue weighted by Gasteiger charge is -2.27. The number of halogens is 3. The van der Waals surface area contributed by atoms with Crippen molar-refractivity contribution >= 4 is 9.84 Å². The third kappa shape index (κ3) is 6.97. The van der Waals surface area contributed by atoms with Crippen LogP contribution in [0.5, 0.6) is 0 Å². The van der Waals surface area contributed by atoms with Crippen molar-refractivity contribution in [3.63, 3.8) is 0 Å². The molecule has 0 unspecified atom stereocenters. The zero-order valence-electron chi connectivity index (χ0n) is 18.3. The maximum absolute atomic E-state index is 12.7. The van der Waals surface area contributed by atoms with Crippen LogP contribution in [-0.2, 0) is 16.0 Å². The maximum Gasteiger partial charge on any atom is 0.416 e. The lowest BCUT2D eigenvalue weighted by atomic mass is 10.1. The molecule has 0 saturated carbocycles. The molecule has 1 heterocycles. The summed E-state index contributed by atoms with van der Waals surface area (Å²) in [7, 11) is -1.68. The lowest BCUT2D eigenvalue weighted by Crippen LogP contribution is -2.20. The fraction of sp³-hybridized carbons (Fsp3) is 0.478. The Bertz CT molecular complexity index is 931. The van der Waals surface area contributed by atoms with E-state index >= 15 is 0 Å². The number of nitrogens with zero attached hydrogens (tertiary/aromatic N) is 1. The molecule has 172 valence electrons. The van der Waals surface area contributed by atoms with E-state index in [4.69, 9.17) is 0 Å². The Kier molecular flexibility index (Phi) is 8.94. The van der Waals surface area contributed by atoms with Crippen LogP contribution in [-0.4, -0.2) is 39.2 Å². The predicted octanol–water partition coefficient (Wildman–Crippen LogP) is 5.31. The van der Waals surface area contributed by atoms with Crippen molar-refractivity contribution in [3.8, 4) is 0 Å². The molecule has 1 N–H and O–H groups in total. The van der Waals surface area contributed by atoms with Gasteiger partial charge in [-0.3, -0.25) is 0 Å². The highest BCUT2D eigenvalue weighted by Gasteiger charge is 2.30. The molecule has 0 atom stereocenters. The summed E-state index contributed by atoms with van der Waals surface area (Å²) in [6.45, 7) is 5.87. The van der Waals surface area contributed by atoms with E-state index in [1.54, 1.807) is 6.08 Å². The summed E-state index contributed by atoms with van der Waals surface area (Å²) in [4.78, 5) is 2.08. The first-order valence-electron chi connectivity index (χ1n) is 10.5. The average Bonchev–Trinajstić information content (AvgIpc) is 2.96. The van der Waals surface area contributed by atoms with Crippen molar-refractivity contribution in [2.24, 2.45) is 0 Å². The van der Waals surface area contributed by atoms with Crippen LogP contribution in [0.3, 0.4) is 0 Å². The molecule has 0 aromatic heterocycles. The van der Waals surface area contributed by atoms with Crippen LogP contribution < -0.4 is 5.32 Å². The standard InChI is InChI=1S/C23H31F3N2O2S/c1-4-7-20(5-2)28(3)22-14-16-27-15-13-18(22)8-6-17-31(29,30)21-11-9-19(10-12-21)23(24,25)26/h6-12,27H,4-5,13-17H2,1-3H3/b8-6+,20-7+. The third-order valence-corrected chi connectivity index (χ3v) is 6.92. The fourth-order valence-corrected chi connectivity index (χ4v) is 4.71. The lowest BCUT2D eigenvalue weighted by molar-refractivity contribution is -0.137. The Morgan fingerprint density at radius 2 is 1.77 bits per heavy atom. The minimum absolute atomic E-state index is 0.113. The van der Waals surface area contributed by atoms with Crippen LogP contribution in [0.15, 0.2) is 64.4 Å². The first-order chi connectivity index (χ1) is 14.6. The summed E-state index contributed by atoms with van der Waals surface area (Å²) in [5.41, 5.74) is 2.60. The molecule has 31 heavy (non-hydrogen) atoms. The SMILES string of the molecule is CC/C=C(\CC)N(C)C1=C(/C=C/CS(=O)(=O)c2ccc(C(F)(F)F)cc2)CCNCC1. The number of benzene rings is 1. The molecule has 1 aliphatic rings. The van der Waals surface area contributed by atoms with Gasteiger partial charge in [0.1, 0.15) is 0 Å². The number of hydrogen-bond donors (Lipinski definition) is 1. The van der Waals surface area contributed by atoms with Crippen LogP contribution in [0.1, 0.15) is 45.1 Å². The second kappa shape index (κ2) is 11.0. The van der Waals surface area contributed by atoms with Gasteiger partial charge in [-0.25, -0.2) is 8.42 Å². The largest absolute Gasteiger partial charge is 0.416 e. The van der Waals surface area contributed by atoms with E-state index in [-0.39, 0.29) is 10.6 Å². The smallest absolute Gasteiger partial charge is 0.352 e. The molecule has 0 spiro atoms. The molecule has 0 aliphatic carbocycles. The number of allylic oxidation sites excluding steroid dienone is 3. The highest BCUT2D eigenvalue weighted by atomic mass is 32.2. The quantitative estimate of drug-likeness (QED) is 0.576. The molecular formula is C23H31F3N2O2S. The Morgan fingerprint density at radius 3 is 2.35 bits per heavy atom. The number of alkyl halides is 3. The van der Waals surface area contributed by atoms with Crippen LogP contribution in [0.4, 0.5) is 13.2 Å². The van der Waals surface area contributed by atoms with Gasteiger partial charge in [0.25, 0.3) is 0 Å². The van der Waals surface area contributed by atoms with Gasteiger partial charge in [0.05, 0.1) is 16.2 Å². The maximum atomic E-state index is 12.7. The summed E-state index contributed by atoms with van der Waals surface area (Å²) in [5, 5.41) is 3.37. The number of sulfone groups is 1. The van der Waals surface area contributed by atoms with Gasteiger partial charge in [-0.2, -0.15) is 13.2 Å². The van der Waals surface area contributed by atoms with Gasteiger partial charge in [-0.05, 0) is 55.6 Å². The Labute approximate surface area is 183 Å². The summed E-state index contributed by atoms with van der Waals surface area (Å²) < 4.78 is 63.3. The van der Waals surface area contributed by atoms with E-state index in [0.717, 1.165) is 74.3 Å². The number of rotatable bonds is 8. The Morgan fingerprint density at radius 1 is 1.13 bits per heavy atom. The van der Waals surface area contributed by atoms with E-state index in [9.17, 15) is 21.6 Å². The predicted molar refractivity (Wildman–Crippen MR) is 118 cm³/mol. The zero-order valence-corrected chi connectivity index (χ0v) is 19.1. The van der Waals surface area contributed by atoms with Gasteiger partial charge in [-0.1, -0.05) is 32.1 Å². The molecule has 0 radical (unpaired) electrons. The van der Waals surface area contributed by atoms with Gasteiger partial charge in [-0.15, -0.1) is 0 Å². The first kappa shape index (κ1) is 25.2. The Balaban J connectivity index is 2.24. The normalized spacial score (nSPS) is 16.6. The van der Waals surface area contributed by atoms with Crippen molar-refractivity contribution in [1.29, 1.82) is 0 Å². The van der Waals surface area contributed by atoms with Gasteiger partial charge < -0.3 is 10.2 Å². The molecule has 1 aromatic rings. The van der Waals surface area contributed by atoms with Crippen LogP contribution in [0, 0.1) is 0 Å². The monoisotopic (exact) mass is 456 g/mol. The van der Waals surface area contributed by atoms with Gasteiger partial charge >= 0.3 is 6.18 Å². The van der Waals surface area contributed by atoms with Gasteiger partial charge in [0, 0.05) is 31.4 Å². The van der Waals surface area contributed by atoms with Gasteiger partial charge in [0.15, 0.2) is 9.84 Å². The third-order valence-electron chi connectivity index (χ3n) is 5.29. The highest BCUT2D eigenvalue weighted by Crippen LogP contribution is 2.30. The molecule has 1 aliphatic heterocycles. The summed E-state index contributed by atoms with van der Waals surface area (Å²) in [5.74, 6) is -0.266. The topological polar surface area (TPSA) is 49.4 Å². The molecule has 0 fully saturated rings. The molecule has 0 saturated heterocycles. The zero-order chi connectivity index (χ0) is 23.1. The minimum Gasteiger partial charge on any atom is -0.352 e. The highest BCUT2D eigenvalue weighted by molar-refractivity contribution is 7.91. The minimum atomic E-state index is -4.49. The van der Waals surface area contributed by atoms with E-state index in [2.05, 4.69) is 30.1 Å². The molecule has 0 amide bonds. The molecule has 4 nitrogen and oxygen atoms in total. The number of hydrogen-bond acceptors (Lipinski definition) is 4. The van der Waals surface area contributed by atoms with E-state index < -0.39 is 21.6 Å². The van der Waals surface area contributed by atoms with Crippen LogP contribution in [0.25, 0.3) is 0 Å². The first-order valence-corrected chi connectivity index (χ1v) is 12.2. The van der Waals surface area contributed by atoms with E-state index in [1.807, 2.05) is 13.1 Å². The fourth-order valence-electron chi connectivity index (χ4n) is 3.61. The second-order valence-corrected chi connectivity index (χ2v) is 9.48. The summed E-state index contributed by atoms with van der Waals surface area (Å²) in [6.07, 6.45) is 4.60. The van der Waals surface area contributed by atoms with E-state index in [0.29, 0.717) is 0 Å². The summed E-state index contributed by atoms with van der Waals surface area (Å²) >= 11 is 0. The Hall–Kier alpha value is -2.06. The van der Waals surface area contributed by atoms with Crippen LogP contribution >= 0.6 is 0 Å². The van der Waals surface area contributed by atoms with Crippen molar-refractivity contribution in [3.05, 3.63) is 65.0 Å². The van der Waals surface area contributed by atoms with Crippen molar-refractivity contribution in [2.75, 3.05) is 25.9 Å². The number of nitrogens with one attached hydrogen (secondary N) is 1.